The molecule has 0 radical (unpaired) electrons. The van der Waals surface area contributed by atoms with Crippen molar-refractivity contribution in [1.29, 1.82) is 0 Å². The molecular weight excluding hydrogens is 569 g/mol. The van der Waals surface area contributed by atoms with Crippen molar-refractivity contribution in [3.8, 4) is 27.9 Å². The standard InChI is InChI=1S/C45H34N2/c1-45(2)41-19-11-9-17-37(41)39-29-35(25-27-42(39)45)46(33-15-7-4-8-16-33)36-26-28-44-40(30-36)38-18-10-12-20-43(38)47(44)34-23-21-32(22-24-34)31-13-5-3-6-14-31/h3-30H,1-2H3. The summed E-state index contributed by atoms with van der Waals surface area (Å²) in [7, 11) is 0. The maximum atomic E-state index is 2.40. The van der Waals surface area contributed by atoms with Gasteiger partial charge in [-0.2, -0.15) is 0 Å². The van der Waals surface area contributed by atoms with Crippen LogP contribution in [-0.4, -0.2) is 4.57 Å². The third-order valence-corrected chi connectivity index (χ3v) is 9.99. The number of nitrogens with zero attached hydrogens (tertiary/aromatic N) is 2. The van der Waals surface area contributed by atoms with Crippen LogP contribution in [0.5, 0.6) is 0 Å². The van der Waals surface area contributed by atoms with E-state index in [2.05, 4.69) is 193 Å². The van der Waals surface area contributed by atoms with E-state index in [1.165, 1.54) is 55.2 Å². The van der Waals surface area contributed by atoms with E-state index in [1.54, 1.807) is 0 Å². The molecule has 1 aromatic heterocycles. The summed E-state index contributed by atoms with van der Waals surface area (Å²) < 4.78 is 2.39. The molecule has 7 aromatic carbocycles. The van der Waals surface area contributed by atoms with Crippen molar-refractivity contribution in [2.24, 2.45) is 0 Å². The maximum absolute atomic E-state index is 2.40. The minimum atomic E-state index is -0.0257. The van der Waals surface area contributed by atoms with Gasteiger partial charge in [0, 0.05) is 38.9 Å². The van der Waals surface area contributed by atoms with E-state index in [4.69, 9.17) is 0 Å². The predicted octanol–water partition coefficient (Wildman–Crippen LogP) is 12.2. The van der Waals surface area contributed by atoms with Gasteiger partial charge in [-0.15, -0.1) is 0 Å². The van der Waals surface area contributed by atoms with E-state index >= 15 is 0 Å². The van der Waals surface area contributed by atoms with E-state index in [9.17, 15) is 0 Å². The van der Waals surface area contributed by atoms with Gasteiger partial charge in [-0.05, 0) is 94.0 Å². The van der Waals surface area contributed by atoms with E-state index in [-0.39, 0.29) is 5.41 Å². The fraction of sp³-hybridized carbons (Fsp3) is 0.0667. The number of rotatable bonds is 5. The van der Waals surface area contributed by atoms with Crippen molar-refractivity contribution in [3.05, 3.63) is 181 Å². The highest BCUT2D eigenvalue weighted by atomic mass is 15.1. The van der Waals surface area contributed by atoms with Gasteiger partial charge in [-0.1, -0.05) is 123 Å². The highest BCUT2D eigenvalue weighted by molar-refractivity contribution is 6.10. The Labute approximate surface area is 275 Å². The number of para-hydroxylation sites is 2. The fourth-order valence-electron chi connectivity index (χ4n) is 7.68. The predicted molar refractivity (Wildman–Crippen MR) is 198 cm³/mol. The molecule has 2 nitrogen and oxygen atoms in total. The average Bonchev–Trinajstić information content (AvgIpc) is 3.57. The molecule has 224 valence electrons. The van der Waals surface area contributed by atoms with Gasteiger partial charge in [-0.3, -0.25) is 0 Å². The molecule has 0 atom stereocenters. The van der Waals surface area contributed by atoms with Crippen LogP contribution in [0.25, 0.3) is 49.7 Å². The first-order chi connectivity index (χ1) is 23.1. The van der Waals surface area contributed by atoms with Crippen molar-refractivity contribution in [1.82, 2.24) is 4.57 Å². The van der Waals surface area contributed by atoms with Crippen LogP contribution in [0.1, 0.15) is 25.0 Å². The third-order valence-electron chi connectivity index (χ3n) is 9.99. The Hall–Kier alpha value is -5.86. The highest BCUT2D eigenvalue weighted by Gasteiger charge is 2.35. The number of hydrogen-bond donors (Lipinski definition) is 0. The second-order valence-electron chi connectivity index (χ2n) is 13.0. The Bertz CT molecular complexity index is 2420. The van der Waals surface area contributed by atoms with Crippen LogP contribution in [0.3, 0.4) is 0 Å². The van der Waals surface area contributed by atoms with Gasteiger partial charge in [0.15, 0.2) is 0 Å². The second kappa shape index (κ2) is 10.6. The number of benzene rings is 7. The first-order valence-corrected chi connectivity index (χ1v) is 16.4. The zero-order valence-electron chi connectivity index (χ0n) is 26.6. The molecule has 47 heavy (non-hydrogen) atoms. The molecular formula is C45H34N2. The lowest BCUT2D eigenvalue weighted by Gasteiger charge is -2.27. The molecule has 8 aromatic rings. The molecule has 0 spiro atoms. The minimum Gasteiger partial charge on any atom is -0.310 e. The van der Waals surface area contributed by atoms with Gasteiger partial charge in [0.25, 0.3) is 0 Å². The quantitative estimate of drug-likeness (QED) is 0.190. The number of aromatic nitrogens is 1. The van der Waals surface area contributed by atoms with Crippen LogP contribution in [0.15, 0.2) is 170 Å². The van der Waals surface area contributed by atoms with E-state index in [0.29, 0.717) is 0 Å². The van der Waals surface area contributed by atoms with Crippen molar-refractivity contribution >= 4 is 38.9 Å². The van der Waals surface area contributed by atoms with Gasteiger partial charge in [0.05, 0.1) is 11.0 Å². The van der Waals surface area contributed by atoms with Crippen molar-refractivity contribution in [2.45, 2.75) is 19.3 Å². The Balaban J connectivity index is 1.21. The van der Waals surface area contributed by atoms with Crippen LogP contribution >= 0.6 is 0 Å². The summed E-state index contributed by atoms with van der Waals surface area (Å²) in [4.78, 5) is 2.40. The Morgan fingerprint density at radius 3 is 1.83 bits per heavy atom. The van der Waals surface area contributed by atoms with Crippen molar-refractivity contribution < 1.29 is 0 Å². The molecule has 1 heterocycles. The summed E-state index contributed by atoms with van der Waals surface area (Å²) in [5.74, 6) is 0. The van der Waals surface area contributed by atoms with Gasteiger partial charge in [0.1, 0.15) is 0 Å². The Morgan fingerprint density at radius 1 is 0.426 bits per heavy atom. The molecule has 9 rings (SSSR count). The molecule has 0 N–H and O–H groups in total. The van der Waals surface area contributed by atoms with E-state index in [1.807, 2.05) is 0 Å². The smallest absolute Gasteiger partial charge is 0.0542 e. The Morgan fingerprint density at radius 2 is 1.02 bits per heavy atom. The normalized spacial score (nSPS) is 13.1. The highest BCUT2D eigenvalue weighted by Crippen LogP contribution is 2.50. The molecule has 0 amide bonds. The molecule has 2 heteroatoms. The van der Waals surface area contributed by atoms with Crippen molar-refractivity contribution in [2.75, 3.05) is 4.90 Å². The van der Waals surface area contributed by atoms with Gasteiger partial charge in [-0.25, -0.2) is 0 Å². The lowest BCUT2D eigenvalue weighted by atomic mass is 9.82. The average molecular weight is 603 g/mol. The van der Waals surface area contributed by atoms with E-state index in [0.717, 1.165) is 22.7 Å². The maximum Gasteiger partial charge on any atom is 0.0542 e. The summed E-state index contributed by atoms with van der Waals surface area (Å²) in [6.07, 6.45) is 0. The molecule has 0 saturated carbocycles. The topological polar surface area (TPSA) is 8.17 Å². The molecule has 1 aliphatic carbocycles. The van der Waals surface area contributed by atoms with Crippen LogP contribution in [0.4, 0.5) is 17.1 Å². The zero-order valence-corrected chi connectivity index (χ0v) is 26.6. The lowest BCUT2D eigenvalue weighted by molar-refractivity contribution is 0.660. The van der Waals surface area contributed by atoms with Gasteiger partial charge >= 0.3 is 0 Å². The van der Waals surface area contributed by atoms with Crippen LogP contribution < -0.4 is 4.90 Å². The van der Waals surface area contributed by atoms with Crippen LogP contribution in [-0.2, 0) is 5.41 Å². The van der Waals surface area contributed by atoms with Gasteiger partial charge in [0.2, 0.25) is 0 Å². The number of fused-ring (bicyclic) bond motifs is 6. The Kier molecular flexibility index (Phi) is 6.20. The lowest BCUT2D eigenvalue weighted by Crippen LogP contribution is -2.15. The SMILES string of the molecule is CC1(C)c2ccccc2-c2cc(N(c3ccccc3)c3ccc4c(c3)c3ccccc3n4-c3ccc(-c4ccccc4)cc3)ccc21. The first kappa shape index (κ1) is 27.5. The molecule has 0 aliphatic heterocycles. The minimum absolute atomic E-state index is 0.0257. The van der Waals surface area contributed by atoms with Crippen LogP contribution in [0, 0.1) is 0 Å². The fourth-order valence-corrected chi connectivity index (χ4v) is 7.68. The van der Waals surface area contributed by atoms with Crippen molar-refractivity contribution in [3.63, 3.8) is 0 Å². The third kappa shape index (κ3) is 4.33. The van der Waals surface area contributed by atoms with Gasteiger partial charge < -0.3 is 9.47 Å². The summed E-state index contributed by atoms with van der Waals surface area (Å²) in [5, 5.41) is 2.48. The first-order valence-electron chi connectivity index (χ1n) is 16.4. The molecule has 0 fully saturated rings. The summed E-state index contributed by atoms with van der Waals surface area (Å²) >= 11 is 0. The monoisotopic (exact) mass is 602 g/mol. The van der Waals surface area contributed by atoms with E-state index < -0.39 is 0 Å². The summed E-state index contributed by atoms with van der Waals surface area (Å²) in [6, 6.07) is 61.8. The molecule has 0 saturated heterocycles. The number of anilines is 3. The molecule has 0 unspecified atom stereocenters. The zero-order chi connectivity index (χ0) is 31.5. The summed E-state index contributed by atoms with van der Waals surface area (Å²) in [6.45, 7) is 4.68. The summed E-state index contributed by atoms with van der Waals surface area (Å²) in [5.41, 5.74) is 14.8. The van der Waals surface area contributed by atoms with Crippen LogP contribution in [0.2, 0.25) is 0 Å². The number of hydrogen-bond acceptors (Lipinski definition) is 1. The molecule has 1 aliphatic rings. The molecule has 0 bridgehead atoms. The largest absolute Gasteiger partial charge is 0.310 e. The second-order valence-corrected chi connectivity index (χ2v) is 13.0.